The third-order valence-corrected chi connectivity index (χ3v) is 4.70. The van der Waals surface area contributed by atoms with Crippen LogP contribution in [-0.4, -0.2) is 56.5 Å². The monoisotopic (exact) mass is 310 g/mol. The fourth-order valence-electron chi connectivity index (χ4n) is 3.22. The molecule has 2 rings (SSSR count). The molecule has 1 atom stereocenters. The third-order valence-electron chi connectivity index (χ3n) is 4.70. The number of unbranched alkanes of at least 4 members (excludes halogenated alkanes) is 1. The largest absolute Gasteiger partial charge is 0.381 e. The molecule has 0 aliphatic carbocycles. The van der Waals surface area contributed by atoms with Crippen LogP contribution in [-0.2, 0) is 9.47 Å². The van der Waals surface area contributed by atoms with Gasteiger partial charge in [0.25, 0.3) is 0 Å². The maximum atomic E-state index is 12.5. The highest BCUT2D eigenvalue weighted by Crippen LogP contribution is 2.33. The van der Waals surface area contributed by atoms with Crippen LogP contribution in [0, 0.1) is 5.41 Å². The minimum absolute atomic E-state index is 0.0440. The van der Waals surface area contributed by atoms with Crippen molar-refractivity contribution in [1.29, 1.82) is 0 Å². The van der Waals surface area contributed by atoms with E-state index in [0.717, 1.165) is 58.5 Å². The van der Waals surface area contributed by atoms with Crippen LogP contribution in [0.5, 0.6) is 0 Å². The Labute approximate surface area is 134 Å². The smallest absolute Gasteiger partial charge is 0.317 e. The molecule has 1 N–H and O–H groups in total. The molecule has 2 amide bonds. The third kappa shape index (κ3) is 4.99. The van der Waals surface area contributed by atoms with Crippen molar-refractivity contribution in [3.8, 4) is 0 Å². The summed E-state index contributed by atoms with van der Waals surface area (Å²) in [7, 11) is 0. The van der Waals surface area contributed by atoms with E-state index >= 15 is 0 Å². The van der Waals surface area contributed by atoms with Crippen LogP contribution in [0.2, 0.25) is 0 Å². The molecule has 2 aliphatic heterocycles. The number of carbonyl (C=O) groups excluding carboxylic acids is 1. The lowest BCUT2D eigenvalue weighted by atomic mass is 9.80. The summed E-state index contributed by atoms with van der Waals surface area (Å²) in [5, 5.41) is 3.12. The van der Waals surface area contributed by atoms with Gasteiger partial charge in [0.1, 0.15) is 0 Å². The maximum absolute atomic E-state index is 12.5. The van der Waals surface area contributed by atoms with Crippen molar-refractivity contribution in [2.75, 3.05) is 39.5 Å². The number of carbonyl (C=O) groups is 1. The summed E-state index contributed by atoms with van der Waals surface area (Å²) in [6, 6.07) is 0.240. The minimum Gasteiger partial charge on any atom is -0.381 e. The highest BCUT2D eigenvalue weighted by Gasteiger charge is 2.38. The molecule has 126 valence electrons. The van der Waals surface area contributed by atoms with Crippen molar-refractivity contribution in [2.45, 2.75) is 45.1 Å². The first kappa shape index (κ1) is 17.3. The van der Waals surface area contributed by atoms with E-state index in [2.05, 4.69) is 18.8 Å². The van der Waals surface area contributed by atoms with Gasteiger partial charge in [0.05, 0.1) is 13.2 Å². The summed E-state index contributed by atoms with van der Waals surface area (Å²) in [6.45, 7) is 10.2. The number of rotatable bonds is 5. The van der Waals surface area contributed by atoms with E-state index in [-0.39, 0.29) is 17.5 Å². The number of allylic oxidation sites excluding steroid dienone is 1. The first-order valence-corrected chi connectivity index (χ1v) is 8.47. The van der Waals surface area contributed by atoms with Gasteiger partial charge in [-0.15, -0.1) is 6.58 Å². The molecule has 5 heteroatoms. The molecule has 0 bridgehead atoms. The Balaban J connectivity index is 1.86. The van der Waals surface area contributed by atoms with Gasteiger partial charge in [-0.05, 0) is 39.0 Å². The second-order valence-electron chi connectivity index (χ2n) is 6.66. The molecule has 0 aromatic carbocycles. The highest BCUT2D eigenvalue weighted by atomic mass is 16.5. The normalized spacial score (nSPS) is 22.9. The minimum atomic E-state index is 0.0440. The number of hydrogen-bond acceptors (Lipinski definition) is 3. The number of ether oxygens (including phenoxy) is 2. The molecule has 22 heavy (non-hydrogen) atoms. The Morgan fingerprint density at radius 1 is 1.36 bits per heavy atom. The van der Waals surface area contributed by atoms with Gasteiger partial charge in [0.15, 0.2) is 0 Å². The molecular weight excluding hydrogens is 280 g/mol. The summed E-state index contributed by atoms with van der Waals surface area (Å²) in [5.41, 5.74) is 0.0815. The predicted molar refractivity (Wildman–Crippen MR) is 86.9 cm³/mol. The van der Waals surface area contributed by atoms with E-state index in [1.165, 1.54) is 0 Å². The number of urea groups is 1. The van der Waals surface area contributed by atoms with Gasteiger partial charge < -0.3 is 19.7 Å². The van der Waals surface area contributed by atoms with E-state index in [4.69, 9.17) is 9.47 Å². The lowest BCUT2D eigenvalue weighted by Crippen LogP contribution is -2.49. The Hall–Kier alpha value is -1.07. The fourth-order valence-corrected chi connectivity index (χ4v) is 3.22. The van der Waals surface area contributed by atoms with E-state index in [1.54, 1.807) is 0 Å². The Kier molecular flexibility index (Phi) is 6.70. The highest BCUT2D eigenvalue weighted by molar-refractivity contribution is 5.74. The quantitative estimate of drug-likeness (QED) is 0.627. The molecule has 2 saturated heterocycles. The molecule has 2 fully saturated rings. The van der Waals surface area contributed by atoms with Gasteiger partial charge in [-0.25, -0.2) is 4.79 Å². The Bertz CT molecular complexity index is 367. The van der Waals surface area contributed by atoms with Crippen LogP contribution >= 0.6 is 0 Å². The van der Waals surface area contributed by atoms with Gasteiger partial charge in [0, 0.05) is 37.8 Å². The number of hydrogen-bond donors (Lipinski definition) is 1. The van der Waals surface area contributed by atoms with Gasteiger partial charge in [0.2, 0.25) is 0 Å². The van der Waals surface area contributed by atoms with Crippen LogP contribution in [0.15, 0.2) is 12.7 Å². The van der Waals surface area contributed by atoms with E-state index < -0.39 is 0 Å². The van der Waals surface area contributed by atoms with Crippen LogP contribution in [0.4, 0.5) is 4.79 Å². The summed E-state index contributed by atoms with van der Waals surface area (Å²) < 4.78 is 11.2. The van der Waals surface area contributed by atoms with Gasteiger partial charge >= 0.3 is 6.03 Å². The lowest BCUT2D eigenvalue weighted by Gasteiger charge is -2.38. The summed E-state index contributed by atoms with van der Waals surface area (Å²) in [5.74, 6) is 0. The molecule has 2 heterocycles. The molecule has 0 aromatic heterocycles. The molecule has 0 aromatic rings. The number of amides is 2. The van der Waals surface area contributed by atoms with Crippen molar-refractivity contribution in [2.24, 2.45) is 5.41 Å². The van der Waals surface area contributed by atoms with Crippen LogP contribution in [0.25, 0.3) is 0 Å². The average molecular weight is 310 g/mol. The van der Waals surface area contributed by atoms with Gasteiger partial charge in [-0.1, -0.05) is 6.08 Å². The Morgan fingerprint density at radius 2 is 2.14 bits per heavy atom. The van der Waals surface area contributed by atoms with Crippen LogP contribution < -0.4 is 5.32 Å². The first-order valence-electron chi connectivity index (χ1n) is 8.47. The second-order valence-corrected chi connectivity index (χ2v) is 6.66. The second kappa shape index (κ2) is 8.53. The van der Waals surface area contributed by atoms with Gasteiger partial charge in [-0.2, -0.15) is 0 Å². The van der Waals surface area contributed by atoms with Gasteiger partial charge in [-0.3, -0.25) is 0 Å². The SMILES string of the molecule is C=CCCC[C@H](C)NC(=O)N1CCOCC2(CCOCC2)C1. The van der Waals surface area contributed by atoms with Crippen molar-refractivity contribution in [1.82, 2.24) is 10.2 Å². The average Bonchev–Trinajstić information content (AvgIpc) is 2.71. The summed E-state index contributed by atoms with van der Waals surface area (Å²) in [6.07, 6.45) is 6.93. The first-order chi connectivity index (χ1) is 10.7. The zero-order valence-corrected chi connectivity index (χ0v) is 13.8. The van der Waals surface area contributed by atoms with Crippen molar-refractivity contribution in [3.05, 3.63) is 12.7 Å². The van der Waals surface area contributed by atoms with Crippen molar-refractivity contribution in [3.63, 3.8) is 0 Å². The molecule has 0 radical (unpaired) electrons. The fraction of sp³-hybridized carbons (Fsp3) is 0.824. The molecule has 0 unspecified atom stereocenters. The summed E-state index contributed by atoms with van der Waals surface area (Å²) >= 11 is 0. The molecule has 5 nitrogen and oxygen atoms in total. The zero-order valence-electron chi connectivity index (χ0n) is 13.8. The Morgan fingerprint density at radius 3 is 2.86 bits per heavy atom. The topological polar surface area (TPSA) is 50.8 Å². The van der Waals surface area contributed by atoms with E-state index in [1.807, 2.05) is 11.0 Å². The molecular formula is C17H30N2O3. The maximum Gasteiger partial charge on any atom is 0.317 e. The molecule has 0 saturated carbocycles. The summed E-state index contributed by atoms with van der Waals surface area (Å²) in [4.78, 5) is 14.5. The van der Waals surface area contributed by atoms with Crippen LogP contribution in [0.1, 0.15) is 39.0 Å². The lowest BCUT2D eigenvalue weighted by molar-refractivity contribution is -0.0295. The van der Waals surface area contributed by atoms with Crippen molar-refractivity contribution >= 4 is 6.03 Å². The van der Waals surface area contributed by atoms with Crippen molar-refractivity contribution < 1.29 is 14.3 Å². The zero-order chi connectivity index (χ0) is 15.8. The predicted octanol–water partition coefficient (Wildman–Crippen LogP) is 2.57. The van der Waals surface area contributed by atoms with Crippen LogP contribution in [0.3, 0.4) is 0 Å². The van der Waals surface area contributed by atoms with E-state index in [0.29, 0.717) is 13.2 Å². The molecule has 2 aliphatic rings. The molecule has 1 spiro atoms. The number of nitrogens with zero attached hydrogens (tertiary/aromatic N) is 1. The standard InChI is InChI=1S/C17H30N2O3/c1-3-4-5-6-15(2)18-16(20)19-9-12-22-14-17(13-19)7-10-21-11-8-17/h3,15H,1,4-14H2,2H3,(H,18,20)/t15-/m0/s1. The number of nitrogens with one attached hydrogen (secondary N) is 1. The van der Waals surface area contributed by atoms with E-state index in [9.17, 15) is 4.79 Å².